The van der Waals surface area contributed by atoms with Crippen molar-refractivity contribution < 1.29 is 0 Å². The Bertz CT molecular complexity index is 2440. The van der Waals surface area contributed by atoms with Crippen LogP contribution in [-0.2, 0) is 5.54 Å². The Morgan fingerprint density at radius 2 is 1.24 bits per heavy atom. The zero-order valence-electron chi connectivity index (χ0n) is 25.6. The van der Waals surface area contributed by atoms with Crippen molar-refractivity contribution in [3.8, 4) is 22.4 Å². The Hall–Kier alpha value is -5.07. The van der Waals surface area contributed by atoms with Gasteiger partial charge in [0.25, 0.3) is 0 Å². The van der Waals surface area contributed by atoms with E-state index in [1.165, 1.54) is 20.2 Å². The molecule has 5 aromatic carbocycles. The fraction of sp³-hybridized carbons (Fsp3) is 0.154. The van der Waals surface area contributed by atoms with Gasteiger partial charge in [-0.05, 0) is 69.2 Å². The summed E-state index contributed by atoms with van der Waals surface area (Å²) in [6.45, 7) is 9.23. The van der Waals surface area contributed by atoms with E-state index in [0.29, 0.717) is 0 Å². The van der Waals surface area contributed by atoms with Crippen molar-refractivity contribution in [2.24, 2.45) is 0 Å². The van der Waals surface area contributed by atoms with E-state index in [-0.39, 0.29) is 11.1 Å². The van der Waals surface area contributed by atoms with E-state index >= 15 is 0 Å². The van der Waals surface area contributed by atoms with Gasteiger partial charge in [-0.1, -0.05) is 84.9 Å². The van der Waals surface area contributed by atoms with Gasteiger partial charge < -0.3 is 4.57 Å². The molecule has 0 atom stereocenters. The fourth-order valence-electron chi connectivity index (χ4n) is 6.94. The number of nitrogens with zero attached hydrogens (tertiary/aromatic N) is 5. The second kappa shape index (κ2) is 9.22. The minimum Gasteiger partial charge on any atom is -0.302 e. The lowest BCUT2D eigenvalue weighted by atomic mass is 9.82. The maximum atomic E-state index is 5.40. The molecule has 45 heavy (non-hydrogen) atoms. The predicted molar refractivity (Wildman–Crippen MR) is 189 cm³/mol. The number of benzene rings is 5. The van der Waals surface area contributed by atoms with Gasteiger partial charge in [-0.2, -0.15) is 0 Å². The van der Waals surface area contributed by atoms with E-state index < -0.39 is 0 Å². The standard InChI is InChI=1S/C39H31N5S/c1-38(2)39(3,4)44(37-42-31-23-34-28(22-32(31)43(37)38)27-17-11-12-18-33(27)45-34)36-35(25-15-9-6-10-16-25)40-30-21-26(19-20-29(30)41-36)24-13-7-5-8-14-24/h5-23H,1-4H3. The van der Waals surface area contributed by atoms with Crippen LogP contribution in [0.3, 0.4) is 0 Å². The molecule has 6 heteroatoms. The van der Waals surface area contributed by atoms with E-state index in [2.05, 4.69) is 140 Å². The quantitative estimate of drug-likeness (QED) is 0.202. The highest BCUT2D eigenvalue weighted by molar-refractivity contribution is 7.25. The first-order chi connectivity index (χ1) is 21.8. The van der Waals surface area contributed by atoms with Crippen LogP contribution in [0.5, 0.6) is 0 Å². The van der Waals surface area contributed by atoms with Gasteiger partial charge in [0.2, 0.25) is 5.95 Å². The second-order valence-electron chi connectivity index (χ2n) is 13.0. The Morgan fingerprint density at radius 1 is 0.533 bits per heavy atom. The number of rotatable bonds is 3. The van der Waals surface area contributed by atoms with Crippen molar-refractivity contribution in [2.45, 2.75) is 38.8 Å². The van der Waals surface area contributed by atoms with E-state index in [9.17, 15) is 0 Å². The van der Waals surface area contributed by atoms with Crippen LogP contribution >= 0.6 is 11.3 Å². The van der Waals surface area contributed by atoms with E-state index in [1.54, 1.807) is 0 Å². The summed E-state index contributed by atoms with van der Waals surface area (Å²) in [5.41, 5.74) is 7.37. The topological polar surface area (TPSA) is 46.8 Å². The Kier molecular flexibility index (Phi) is 5.40. The molecular weight excluding hydrogens is 571 g/mol. The maximum absolute atomic E-state index is 5.40. The van der Waals surface area contributed by atoms with Crippen molar-refractivity contribution in [3.05, 3.63) is 115 Å². The maximum Gasteiger partial charge on any atom is 0.213 e. The molecule has 0 radical (unpaired) electrons. The van der Waals surface area contributed by atoms with Crippen molar-refractivity contribution in [1.29, 1.82) is 0 Å². The highest BCUT2D eigenvalue weighted by Gasteiger charge is 2.54. The number of imidazole rings is 1. The third-order valence-electron chi connectivity index (χ3n) is 9.96. The number of hydrogen-bond donors (Lipinski definition) is 0. The molecule has 1 aliphatic heterocycles. The SMILES string of the molecule is CC1(C)N(c2nc3ccc(-c4ccccc4)cc3nc2-c2ccccc2)c2nc3cc4sc5ccccc5c4cc3n2C1(C)C. The molecule has 3 aromatic heterocycles. The Balaban J connectivity index is 1.31. The van der Waals surface area contributed by atoms with Crippen LogP contribution in [0, 0.1) is 0 Å². The molecule has 0 saturated carbocycles. The monoisotopic (exact) mass is 601 g/mol. The lowest BCUT2D eigenvalue weighted by Gasteiger charge is -2.41. The molecular formula is C39H31N5S. The second-order valence-corrected chi connectivity index (χ2v) is 14.1. The zero-order chi connectivity index (χ0) is 30.5. The summed E-state index contributed by atoms with van der Waals surface area (Å²) >= 11 is 1.83. The third-order valence-corrected chi connectivity index (χ3v) is 11.1. The molecule has 0 saturated heterocycles. The molecule has 0 aliphatic carbocycles. The molecule has 9 rings (SSSR count). The van der Waals surface area contributed by atoms with Gasteiger partial charge in [-0.15, -0.1) is 11.3 Å². The van der Waals surface area contributed by atoms with Crippen molar-refractivity contribution in [2.75, 3.05) is 4.90 Å². The molecule has 0 fully saturated rings. The Morgan fingerprint density at radius 3 is 2.02 bits per heavy atom. The minimum atomic E-state index is -0.370. The van der Waals surface area contributed by atoms with Gasteiger partial charge in [0.05, 0.1) is 33.1 Å². The smallest absolute Gasteiger partial charge is 0.213 e. The number of thiophene rings is 1. The van der Waals surface area contributed by atoms with E-state index in [1.807, 2.05) is 23.5 Å². The van der Waals surface area contributed by atoms with Crippen molar-refractivity contribution >= 4 is 65.3 Å². The van der Waals surface area contributed by atoms with Gasteiger partial charge in [0.15, 0.2) is 5.82 Å². The molecule has 0 N–H and O–H groups in total. The van der Waals surface area contributed by atoms with E-state index in [0.717, 1.165) is 56.2 Å². The average Bonchev–Trinajstić information content (AvgIpc) is 3.65. The molecule has 0 amide bonds. The number of aromatic nitrogens is 4. The number of fused-ring (bicyclic) bond motifs is 7. The summed E-state index contributed by atoms with van der Waals surface area (Å²) in [4.78, 5) is 18.4. The zero-order valence-corrected chi connectivity index (χ0v) is 26.4. The number of anilines is 2. The predicted octanol–water partition coefficient (Wildman–Crippen LogP) is 10.3. The molecule has 0 bridgehead atoms. The summed E-state index contributed by atoms with van der Waals surface area (Å²) < 4.78 is 4.99. The summed E-state index contributed by atoms with van der Waals surface area (Å²) in [6, 6.07) is 40.5. The van der Waals surface area contributed by atoms with Crippen LogP contribution < -0.4 is 4.90 Å². The highest BCUT2D eigenvalue weighted by atomic mass is 32.1. The summed E-state index contributed by atoms with van der Waals surface area (Å²) in [6.07, 6.45) is 0. The summed E-state index contributed by atoms with van der Waals surface area (Å²) in [7, 11) is 0. The highest BCUT2D eigenvalue weighted by Crippen LogP contribution is 2.53. The number of hydrogen-bond acceptors (Lipinski definition) is 5. The first-order valence-electron chi connectivity index (χ1n) is 15.4. The van der Waals surface area contributed by atoms with Crippen LogP contribution in [0.4, 0.5) is 11.8 Å². The first-order valence-corrected chi connectivity index (χ1v) is 16.2. The minimum absolute atomic E-state index is 0.307. The fourth-order valence-corrected chi connectivity index (χ4v) is 8.06. The average molecular weight is 602 g/mol. The molecule has 4 heterocycles. The molecule has 8 aromatic rings. The summed E-state index contributed by atoms with van der Waals surface area (Å²) in [5.74, 6) is 1.72. The lowest BCUT2D eigenvalue weighted by Crippen LogP contribution is -2.51. The van der Waals surface area contributed by atoms with Crippen molar-refractivity contribution in [3.63, 3.8) is 0 Å². The van der Waals surface area contributed by atoms with Crippen LogP contribution in [0.15, 0.2) is 115 Å². The van der Waals surface area contributed by atoms with Crippen LogP contribution in [-0.4, -0.2) is 25.1 Å². The van der Waals surface area contributed by atoms with Gasteiger partial charge >= 0.3 is 0 Å². The van der Waals surface area contributed by atoms with Gasteiger partial charge in [0.1, 0.15) is 5.69 Å². The Labute approximate surface area is 265 Å². The lowest BCUT2D eigenvalue weighted by molar-refractivity contribution is 0.252. The molecule has 1 aliphatic rings. The summed E-state index contributed by atoms with van der Waals surface area (Å²) in [5, 5.41) is 2.58. The van der Waals surface area contributed by atoms with Gasteiger partial charge in [-0.25, -0.2) is 15.0 Å². The molecule has 0 spiro atoms. The van der Waals surface area contributed by atoms with Gasteiger partial charge in [0, 0.05) is 25.7 Å². The van der Waals surface area contributed by atoms with Crippen LogP contribution in [0.25, 0.3) is 64.6 Å². The van der Waals surface area contributed by atoms with E-state index in [4.69, 9.17) is 15.0 Å². The largest absolute Gasteiger partial charge is 0.302 e. The first kappa shape index (κ1) is 26.3. The third kappa shape index (κ3) is 3.69. The van der Waals surface area contributed by atoms with Gasteiger partial charge in [-0.3, -0.25) is 4.90 Å². The normalized spacial score (nSPS) is 15.4. The molecule has 5 nitrogen and oxygen atoms in total. The molecule has 0 unspecified atom stereocenters. The van der Waals surface area contributed by atoms with Crippen molar-refractivity contribution in [1.82, 2.24) is 19.5 Å². The molecule has 218 valence electrons. The van der Waals surface area contributed by atoms with Crippen LogP contribution in [0.2, 0.25) is 0 Å². The van der Waals surface area contributed by atoms with Crippen LogP contribution in [0.1, 0.15) is 27.7 Å².